The van der Waals surface area contributed by atoms with E-state index in [0.29, 0.717) is 25.9 Å². The van der Waals surface area contributed by atoms with Gasteiger partial charge in [-0.15, -0.1) is 0 Å². The first-order valence-electron chi connectivity index (χ1n) is 12.5. The number of rotatable bonds is 20. The van der Waals surface area contributed by atoms with Crippen LogP contribution in [0.25, 0.3) is 0 Å². The van der Waals surface area contributed by atoms with Crippen molar-refractivity contribution in [3.63, 3.8) is 0 Å². The van der Waals surface area contributed by atoms with E-state index in [1.54, 1.807) is 0 Å². The van der Waals surface area contributed by atoms with E-state index in [2.05, 4.69) is 5.32 Å². The number of hydrogen-bond donors (Lipinski definition) is 2. The lowest BCUT2D eigenvalue weighted by molar-refractivity contribution is -0.154. The Hall–Kier alpha value is -1.10. The molecule has 0 unspecified atom stereocenters. The fourth-order valence-electron chi connectivity index (χ4n) is 3.49. The second-order valence-corrected chi connectivity index (χ2v) is 9.53. The van der Waals surface area contributed by atoms with Crippen molar-refractivity contribution in [3.05, 3.63) is 0 Å². The first-order valence-corrected chi connectivity index (χ1v) is 12.5. The molecule has 0 aromatic carbocycles. The molecule has 0 aliphatic carbocycles. The van der Waals surface area contributed by atoms with Gasteiger partial charge in [-0.1, -0.05) is 77.0 Å². The second kappa shape index (κ2) is 19.8. The van der Waals surface area contributed by atoms with Crippen LogP contribution in [0.1, 0.15) is 130 Å². The number of carbonyl (C=O) groups is 2. The molecule has 5 nitrogen and oxygen atoms in total. The normalized spacial score (nSPS) is 11.5. The van der Waals surface area contributed by atoms with E-state index < -0.39 is 0 Å². The van der Waals surface area contributed by atoms with Gasteiger partial charge >= 0.3 is 5.97 Å². The standard InChI is InChI=1S/C25H50N2O3/c1-25(2,3)30-24(29)20-17-15-13-11-9-7-5-4-6-8-10-12-14-16-19-23(28)27-22-18-21-26/h4-22,26H2,1-3H3,(H,27,28). The molecule has 0 aromatic heterocycles. The van der Waals surface area contributed by atoms with Gasteiger partial charge in [-0.25, -0.2) is 0 Å². The molecule has 1 amide bonds. The molecule has 3 N–H and O–H groups in total. The van der Waals surface area contributed by atoms with E-state index in [1.165, 1.54) is 64.2 Å². The minimum Gasteiger partial charge on any atom is -0.460 e. The van der Waals surface area contributed by atoms with Gasteiger partial charge in [-0.05, 0) is 46.6 Å². The van der Waals surface area contributed by atoms with E-state index in [-0.39, 0.29) is 17.5 Å². The maximum Gasteiger partial charge on any atom is 0.306 e. The van der Waals surface area contributed by atoms with Gasteiger partial charge in [0.25, 0.3) is 0 Å². The Morgan fingerprint density at radius 2 is 1.07 bits per heavy atom. The van der Waals surface area contributed by atoms with Crippen LogP contribution in [0, 0.1) is 0 Å². The van der Waals surface area contributed by atoms with Gasteiger partial charge in [-0.2, -0.15) is 0 Å². The topological polar surface area (TPSA) is 81.4 Å². The monoisotopic (exact) mass is 426 g/mol. The third kappa shape index (κ3) is 23.2. The number of ether oxygens (including phenoxy) is 1. The van der Waals surface area contributed by atoms with Crippen molar-refractivity contribution in [2.45, 2.75) is 136 Å². The molecule has 0 fully saturated rings. The molecule has 178 valence electrons. The number of unbranched alkanes of at least 4 members (excludes halogenated alkanes) is 13. The predicted molar refractivity (Wildman–Crippen MR) is 126 cm³/mol. The van der Waals surface area contributed by atoms with E-state index >= 15 is 0 Å². The van der Waals surface area contributed by atoms with Crippen LogP contribution in [0.4, 0.5) is 0 Å². The summed E-state index contributed by atoms with van der Waals surface area (Å²) in [5.41, 5.74) is 5.05. The Kier molecular flexibility index (Phi) is 19.1. The quantitative estimate of drug-likeness (QED) is 0.184. The molecule has 0 atom stereocenters. The SMILES string of the molecule is CC(C)(C)OC(=O)CCCCCCCCCCCCCCCCC(=O)NCCCN. The van der Waals surface area contributed by atoms with Crippen molar-refractivity contribution < 1.29 is 14.3 Å². The number of nitrogens with one attached hydrogen (secondary N) is 1. The smallest absolute Gasteiger partial charge is 0.306 e. The van der Waals surface area contributed by atoms with Crippen LogP contribution in [-0.4, -0.2) is 30.6 Å². The second-order valence-electron chi connectivity index (χ2n) is 9.53. The predicted octanol–water partition coefficient (Wildman–Crippen LogP) is 6.03. The van der Waals surface area contributed by atoms with E-state index in [1.807, 2.05) is 20.8 Å². The van der Waals surface area contributed by atoms with Crippen LogP contribution < -0.4 is 11.1 Å². The molecular weight excluding hydrogens is 376 g/mol. The number of carbonyl (C=O) groups excluding carboxylic acids is 2. The summed E-state index contributed by atoms with van der Waals surface area (Å²) in [6.07, 6.45) is 19.4. The molecule has 0 rings (SSSR count). The molecule has 0 aliphatic heterocycles. The number of esters is 1. The number of nitrogens with two attached hydrogens (primary N) is 1. The van der Waals surface area contributed by atoms with Crippen molar-refractivity contribution in [1.29, 1.82) is 0 Å². The third-order valence-corrected chi connectivity index (χ3v) is 5.16. The van der Waals surface area contributed by atoms with E-state index in [9.17, 15) is 9.59 Å². The molecular formula is C25H50N2O3. The Bertz CT molecular complexity index is 419. The summed E-state index contributed by atoms with van der Waals surface area (Å²) in [6, 6.07) is 0. The molecule has 0 heterocycles. The van der Waals surface area contributed by atoms with Crippen LogP contribution in [-0.2, 0) is 14.3 Å². The van der Waals surface area contributed by atoms with Gasteiger partial charge in [0.2, 0.25) is 5.91 Å². The molecule has 0 saturated carbocycles. The van der Waals surface area contributed by atoms with Gasteiger partial charge in [0, 0.05) is 19.4 Å². The summed E-state index contributed by atoms with van der Waals surface area (Å²) in [6.45, 7) is 7.10. The fourth-order valence-corrected chi connectivity index (χ4v) is 3.49. The highest BCUT2D eigenvalue weighted by Gasteiger charge is 2.15. The lowest BCUT2D eigenvalue weighted by Crippen LogP contribution is -2.25. The number of hydrogen-bond acceptors (Lipinski definition) is 4. The summed E-state index contributed by atoms with van der Waals surface area (Å²) in [4.78, 5) is 23.2. The zero-order valence-corrected chi connectivity index (χ0v) is 20.2. The van der Waals surface area contributed by atoms with Crippen molar-refractivity contribution in [2.24, 2.45) is 5.73 Å². The first kappa shape index (κ1) is 28.9. The molecule has 0 aliphatic rings. The van der Waals surface area contributed by atoms with Gasteiger partial charge < -0.3 is 15.8 Å². The molecule has 0 saturated heterocycles. The molecule has 5 heteroatoms. The highest BCUT2D eigenvalue weighted by atomic mass is 16.6. The minimum absolute atomic E-state index is 0.0636. The molecule has 30 heavy (non-hydrogen) atoms. The summed E-state index contributed by atoms with van der Waals surface area (Å²) in [5.74, 6) is 0.109. The van der Waals surface area contributed by atoms with Gasteiger partial charge in [0.1, 0.15) is 5.60 Å². The summed E-state index contributed by atoms with van der Waals surface area (Å²) in [5, 5.41) is 2.91. The number of amides is 1. The first-order chi connectivity index (χ1) is 14.3. The molecule has 0 aromatic rings. The van der Waals surface area contributed by atoms with E-state index in [4.69, 9.17) is 10.5 Å². The van der Waals surface area contributed by atoms with Gasteiger partial charge in [-0.3, -0.25) is 9.59 Å². The zero-order valence-electron chi connectivity index (χ0n) is 20.2. The van der Waals surface area contributed by atoms with Crippen molar-refractivity contribution in [2.75, 3.05) is 13.1 Å². The maximum atomic E-state index is 11.6. The summed E-state index contributed by atoms with van der Waals surface area (Å²) in [7, 11) is 0. The van der Waals surface area contributed by atoms with Crippen LogP contribution in [0.3, 0.4) is 0 Å². The van der Waals surface area contributed by atoms with Crippen LogP contribution >= 0.6 is 0 Å². The van der Waals surface area contributed by atoms with Crippen molar-refractivity contribution in [1.82, 2.24) is 5.32 Å². The Morgan fingerprint density at radius 3 is 1.47 bits per heavy atom. The summed E-state index contributed by atoms with van der Waals surface area (Å²) < 4.78 is 5.32. The van der Waals surface area contributed by atoms with Gasteiger partial charge in [0.15, 0.2) is 0 Å². The van der Waals surface area contributed by atoms with Gasteiger partial charge in [0.05, 0.1) is 0 Å². The Morgan fingerprint density at radius 1 is 0.667 bits per heavy atom. The lowest BCUT2D eigenvalue weighted by atomic mass is 10.0. The maximum absolute atomic E-state index is 11.6. The molecule has 0 bridgehead atoms. The van der Waals surface area contributed by atoms with Crippen molar-refractivity contribution >= 4 is 11.9 Å². The highest BCUT2D eigenvalue weighted by Crippen LogP contribution is 2.15. The molecule has 0 spiro atoms. The van der Waals surface area contributed by atoms with Crippen LogP contribution in [0.5, 0.6) is 0 Å². The largest absolute Gasteiger partial charge is 0.460 e. The van der Waals surface area contributed by atoms with E-state index in [0.717, 1.165) is 32.1 Å². The fraction of sp³-hybridized carbons (Fsp3) is 0.920. The average Bonchev–Trinajstić information content (AvgIpc) is 2.66. The highest BCUT2D eigenvalue weighted by molar-refractivity contribution is 5.75. The molecule has 0 radical (unpaired) electrons. The zero-order chi connectivity index (χ0) is 22.5. The van der Waals surface area contributed by atoms with Crippen molar-refractivity contribution in [3.8, 4) is 0 Å². The Labute approximate surface area is 186 Å². The average molecular weight is 427 g/mol. The van der Waals surface area contributed by atoms with Crippen LogP contribution in [0.15, 0.2) is 0 Å². The lowest BCUT2D eigenvalue weighted by Gasteiger charge is -2.19. The summed E-state index contributed by atoms with van der Waals surface area (Å²) >= 11 is 0. The third-order valence-electron chi connectivity index (χ3n) is 5.16. The Balaban J connectivity index is 3.20. The van der Waals surface area contributed by atoms with Crippen LogP contribution in [0.2, 0.25) is 0 Å². The minimum atomic E-state index is -0.362.